The Morgan fingerprint density at radius 3 is 2.25 bits per heavy atom. The number of nitrogens with zero attached hydrogens (tertiary/aromatic N) is 2. The van der Waals surface area contributed by atoms with Gasteiger partial charge in [0.25, 0.3) is 0 Å². The van der Waals surface area contributed by atoms with Crippen molar-refractivity contribution in [1.29, 1.82) is 5.26 Å². The number of phenolic OH excluding ortho intramolecular Hbond substituents is 2. The van der Waals surface area contributed by atoms with Crippen molar-refractivity contribution in [1.82, 2.24) is 4.98 Å². The number of hydrogen-bond donors (Lipinski definition) is 3. The second-order valence-corrected chi connectivity index (χ2v) is 5.14. The molecule has 24 heavy (non-hydrogen) atoms. The Bertz CT molecular complexity index is 963. The fourth-order valence-electron chi connectivity index (χ4n) is 2.40. The van der Waals surface area contributed by atoms with Crippen molar-refractivity contribution in [3.05, 3.63) is 59.9 Å². The molecule has 0 spiro atoms. The average molecular weight is 321 g/mol. The number of aromatic hydroxyl groups is 2. The zero-order valence-electron chi connectivity index (χ0n) is 12.4. The molecule has 4 N–H and O–H groups in total. The van der Waals surface area contributed by atoms with E-state index in [4.69, 9.17) is 5.73 Å². The Labute approximate surface area is 137 Å². The first-order valence-electron chi connectivity index (χ1n) is 6.98. The summed E-state index contributed by atoms with van der Waals surface area (Å²) in [5, 5.41) is 28.1. The molecule has 0 atom stereocenters. The third-order valence-corrected chi connectivity index (χ3v) is 3.57. The number of hydrogen-bond acceptors (Lipinski definition) is 5. The molecule has 0 saturated carbocycles. The molecular formula is C18H12FN3O2. The summed E-state index contributed by atoms with van der Waals surface area (Å²) in [6.45, 7) is 0. The summed E-state index contributed by atoms with van der Waals surface area (Å²) >= 11 is 0. The molecule has 1 heterocycles. The standard InChI is InChI=1S/C18H12FN3O2/c19-16-7-12(24)5-6-13(16)17-8-14(15(9-20)18(21)22-17)10-1-3-11(23)4-2-10/h1-8,23-24H,(H2,21,22). The fraction of sp³-hybridized carbons (Fsp3) is 0. The molecule has 0 saturated heterocycles. The highest BCUT2D eigenvalue weighted by atomic mass is 19.1. The van der Waals surface area contributed by atoms with Crippen LogP contribution in [0.25, 0.3) is 22.4 Å². The minimum Gasteiger partial charge on any atom is -0.508 e. The summed E-state index contributed by atoms with van der Waals surface area (Å²) in [6, 6.07) is 13.5. The minimum absolute atomic E-state index is 0.0226. The molecule has 0 aliphatic carbocycles. The number of aromatic nitrogens is 1. The third-order valence-electron chi connectivity index (χ3n) is 3.57. The summed E-state index contributed by atoms with van der Waals surface area (Å²) in [7, 11) is 0. The normalized spacial score (nSPS) is 10.3. The fourth-order valence-corrected chi connectivity index (χ4v) is 2.40. The second-order valence-electron chi connectivity index (χ2n) is 5.14. The van der Waals surface area contributed by atoms with E-state index in [0.29, 0.717) is 11.1 Å². The van der Waals surface area contributed by atoms with E-state index in [1.54, 1.807) is 18.2 Å². The number of benzene rings is 2. The molecule has 0 aliphatic heterocycles. The van der Waals surface area contributed by atoms with E-state index in [-0.39, 0.29) is 34.1 Å². The lowest BCUT2D eigenvalue weighted by Gasteiger charge is -2.11. The monoisotopic (exact) mass is 321 g/mol. The van der Waals surface area contributed by atoms with Crippen LogP contribution in [0.4, 0.5) is 10.2 Å². The molecule has 0 radical (unpaired) electrons. The number of nitrogen functional groups attached to an aromatic ring is 1. The van der Waals surface area contributed by atoms with Crippen LogP contribution in [0.3, 0.4) is 0 Å². The van der Waals surface area contributed by atoms with Crippen molar-refractivity contribution in [3.63, 3.8) is 0 Å². The van der Waals surface area contributed by atoms with Crippen LogP contribution in [0.15, 0.2) is 48.5 Å². The van der Waals surface area contributed by atoms with E-state index in [9.17, 15) is 19.9 Å². The lowest BCUT2D eigenvalue weighted by molar-refractivity contribution is 0.469. The highest BCUT2D eigenvalue weighted by Gasteiger charge is 2.15. The summed E-state index contributed by atoms with van der Waals surface area (Å²) < 4.78 is 14.1. The largest absolute Gasteiger partial charge is 0.508 e. The molecule has 3 aromatic rings. The van der Waals surface area contributed by atoms with Gasteiger partial charge in [-0.2, -0.15) is 5.26 Å². The van der Waals surface area contributed by atoms with Gasteiger partial charge in [0.2, 0.25) is 0 Å². The first kappa shape index (κ1) is 15.3. The van der Waals surface area contributed by atoms with Gasteiger partial charge in [-0.25, -0.2) is 9.37 Å². The van der Waals surface area contributed by atoms with E-state index in [0.717, 1.165) is 6.07 Å². The molecule has 0 aliphatic rings. The summed E-state index contributed by atoms with van der Waals surface area (Å²) in [4.78, 5) is 4.09. The van der Waals surface area contributed by atoms with Gasteiger partial charge >= 0.3 is 0 Å². The third kappa shape index (κ3) is 2.71. The summed E-state index contributed by atoms with van der Waals surface area (Å²) in [5.41, 5.74) is 7.55. The predicted molar refractivity (Wildman–Crippen MR) is 87.5 cm³/mol. The van der Waals surface area contributed by atoms with Crippen molar-refractivity contribution >= 4 is 5.82 Å². The average Bonchev–Trinajstić information content (AvgIpc) is 2.55. The molecule has 6 heteroatoms. The topological polar surface area (TPSA) is 103 Å². The zero-order chi connectivity index (χ0) is 17.3. The molecule has 0 amide bonds. The summed E-state index contributed by atoms with van der Waals surface area (Å²) in [5.74, 6) is -0.783. The van der Waals surface area contributed by atoms with Gasteiger partial charge in [-0.05, 0) is 35.9 Å². The van der Waals surface area contributed by atoms with Crippen LogP contribution >= 0.6 is 0 Å². The zero-order valence-corrected chi connectivity index (χ0v) is 12.4. The molecule has 1 aromatic heterocycles. The van der Waals surface area contributed by atoms with Gasteiger partial charge in [-0.15, -0.1) is 0 Å². The number of anilines is 1. The van der Waals surface area contributed by atoms with E-state index < -0.39 is 5.82 Å². The van der Waals surface area contributed by atoms with Gasteiger partial charge in [0.15, 0.2) is 0 Å². The number of pyridine rings is 1. The van der Waals surface area contributed by atoms with Gasteiger partial charge in [0.1, 0.15) is 34.8 Å². The van der Waals surface area contributed by atoms with E-state index in [2.05, 4.69) is 4.98 Å². The van der Waals surface area contributed by atoms with Crippen LogP contribution in [0, 0.1) is 17.1 Å². The van der Waals surface area contributed by atoms with E-state index >= 15 is 0 Å². The molecule has 0 bridgehead atoms. The van der Waals surface area contributed by atoms with Gasteiger partial charge < -0.3 is 15.9 Å². The van der Waals surface area contributed by atoms with Crippen LogP contribution in [0.1, 0.15) is 5.56 Å². The van der Waals surface area contributed by atoms with Gasteiger partial charge in [0.05, 0.1) is 5.69 Å². The number of halogens is 1. The molecule has 118 valence electrons. The highest BCUT2D eigenvalue weighted by Crippen LogP contribution is 2.33. The van der Waals surface area contributed by atoms with Crippen LogP contribution in [0.5, 0.6) is 11.5 Å². The number of rotatable bonds is 2. The van der Waals surface area contributed by atoms with Gasteiger partial charge in [-0.1, -0.05) is 12.1 Å². The Balaban J connectivity index is 2.24. The second kappa shape index (κ2) is 5.89. The molecule has 3 rings (SSSR count). The summed E-state index contributed by atoms with van der Waals surface area (Å²) in [6.07, 6.45) is 0. The molecule has 5 nitrogen and oxygen atoms in total. The van der Waals surface area contributed by atoms with Crippen molar-refractivity contribution in [2.75, 3.05) is 5.73 Å². The molecule has 0 fully saturated rings. The van der Waals surface area contributed by atoms with Crippen LogP contribution in [-0.2, 0) is 0 Å². The van der Waals surface area contributed by atoms with Gasteiger partial charge in [-0.3, -0.25) is 0 Å². The maximum Gasteiger partial charge on any atom is 0.142 e. The van der Waals surface area contributed by atoms with Crippen molar-refractivity contribution in [2.45, 2.75) is 0 Å². The molecule has 0 unspecified atom stereocenters. The Hall–Kier alpha value is -3.59. The Morgan fingerprint density at radius 2 is 1.62 bits per heavy atom. The Kier molecular flexibility index (Phi) is 3.76. The van der Waals surface area contributed by atoms with E-state index in [1.807, 2.05) is 6.07 Å². The number of nitrogens with two attached hydrogens (primary N) is 1. The SMILES string of the molecule is N#Cc1c(-c2ccc(O)cc2)cc(-c2ccc(O)cc2F)nc1N. The van der Waals surface area contributed by atoms with Crippen molar-refractivity contribution in [2.24, 2.45) is 0 Å². The van der Waals surface area contributed by atoms with Gasteiger partial charge in [0, 0.05) is 17.2 Å². The molecular weight excluding hydrogens is 309 g/mol. The maximum atomic E-state index is 14.1. The van der Waals surface area contributed by atoms with Crippen LogP contribution in [0.2, 0.25) is 0 Å². The van der Waals surface area contributed by atoms with Crippen molar-refractivity contribution in [3.8, 4) is 40.0 Å². The lowest BCUT2D eigenvalue weighted by atomic mass is 9.98. The minimum atomic E-state index is -0.650. The van der Waals surface area contributed by atoms with Crippen LogP contribution < -0.4 is 5.73 Å². The van der Waals surface area contributed by atoms with E-state index in [1.165, 1.54) is 24.3 Å². The maximum absolute atomic E-state index is 14.1. The number of phenols is 2. The Morgan fingerprint density at radius 1 is 0.958 bits per heavy atom. The first-order valence-corrected chi connectivity index (χ1v) is 6.98. The smallest absolute Gasteiger partial charge is 0.142 e. The van der Waals surface area contributed by atoms with Crippen molar-refractivity contribution < 1.29 is 14.6 Å². The molecule has 2 aromatic carbocycles. The lowest BCUT2D eigenvalue weighted by Crippen LogP contribution is -2.00. The first-order chi connectivity index (χ1) is 11.5. The number of nitriles is 1. The van der Waals surface area contributed by atoms with Crippen LogP contribution in [-0.4, -0.2) is 15.2 Å². The highest BCUT2D eigenvalue weighted by molar-refractivity contribution is 5.80. The predicted octanol–water partition coefficient (Wildman–Crippen LogP) is 3.42. The quantitative estimate of drug-likeness (QED) is 0.671.